The molecule has 142 valence electrons. The van der Waals surface area contributed by atoms with Gasteiger partial charge in [0.2, 0.25) is 5.91 Å². The Morgan fingerprint density at radius 1 is 1.07 bits per heavy atom. The van der Waals surface area contributed by atoms with E-state index in [1.807, 2.05) is 43.3 Å². The van der Waals surface area contributed by atoms with Crippen molar-refractivity contribution in [1.29, 1.82) is 0 Å². The molecular formula is C21H25N3O3. The molecule has 0 saturated heterocycles. The number of carbonyl (C=O) groups excluding carboxylic acids is 2. The van der Waals surface area contributed by atoms with E-state index < -0.39 is 0 Å². The number of nitrogens with one attached hydrogen (secondary N) is 2. The molecular weight excluding hydrogens is 342 g/mol. The number of rotatable bonds is 8. The Hall–Kier alpha value is -3.02. The van der Waals surface area contributed by atoms with E-state index in [9.17, 15) is 9.59 Å². The minimum Gasteiger partial charge on any atom is -0.484 e. The molecule has 0 aliphatic heterocycles. The summed E-state index contributed by atoms with van der Waals surface area (Å²) < 4.78 is 5.49. The third kappa shape index (κ3) is 6.02. The van der Waals surface area contributed by atoms with Gasteiger partial charge in [-0.25, -0.2) is 0 Å². The second-order valence-corrected chi connectivity index (χ2v) is 6.91. The van der Waals surface area contributed by atoms with Crippen molar-refractivity contribution in [2.45, 2.75) is 38.3 Å². The number of benzene rings is 2. The summed E-state index contributed by atoms with van der Waals surface area (Å²) in [6.45, 7) is 1.95. The summed E-state index contributed by atoms with van der Waals surface area (Å²) in [4.78, 5) is 23.8. The van der Waals surface area contributed by atoms with Crippen LogP contribution in [0.4, 0.5) is 5.69 Å². The second-order valence-electron chi connectivity index (χ2n) is 6.91. The Morgan fingerprint density at radius 2 is 1.74 bits per heavy atom. The zero-order valence-corrected chi connectivity index (χ0v) is 15.4. The van der Waals surface area contributed by atoms with Crippen molar-refractivity contribution in [2.24, 2.45) is 0 Å². The van der Waals surface area contributed by atoms with Gasteiger partial charge >= 0.3 is 0 Å². The van der Waals surface area contributed by atoms with Crippen molar-refractivity contribution in [3.05, 3.63) is 59.7 Å². The largest absolute Gasteiger partial charge is 0.484 e. The van der Waals surface area contributed by atoms with Gasteiger partial charge in [-0.2, -0.15) is 0 Å². The highest BCUT2D eigenvalue weighted by Crippen LogP contribution is 2.19. The molecule has 1 fully saturated rings. The van der Waals surface area contributed by atoms with Crippen molar-refractivity contribution in [1.82, 2.24) is 10.6 Å². The smallest absolute Gasteiger partial charge is 0.258 e. The van der Waals surface area contributed by atoms with E-state index >= 15 is 0 Å². The molecule has 2 aromatic carbocycles. The minimum atomic E-state index is -0.126. The van der Waals surface area contributed by atoms with Gasteiger partial charge in [-0.15, -0.1) is 0 Å². The van der Waals surface area contributed by atoms with Crippen molar-refractivity contribution >= 4 is 17.5 Å². The number of nitrogen functional groups attached to an aromatic ring is 1. The van der Waals surface area contributed by atoms with Gasteiger partial charge in [-0.1, -0.05) is 24.3 Å². The molecule has 6 nitrogen and oxygen atoms in total. The molecule has 0 aromatic heterocycles. The van der Waals surface area contributed by atoms with E-state index in [1.165, 1.54) is 0 Å². The van der Waals surface area contributed by atoms with Crippen LogP contribution in [0.1, 0.15) is 36.9 Å². The van der Waals surface area contributed by atoms with E-state index in [2.05, 4.69) is 10.6 Å². The highest BCUT2D eigenvalue weighted by atomic mass is 16.5. The highest BCUT2D eigenvalue weighted by Gasteiger charge is 2.23. The lowest BCUT2D eigenvalue weighted by Crippen LogP contribution is -2.30. The molecule has 1 aliphatic carbocycles. The Labute approximate surface area is 159 Å². The van der Waals surface area contributed by atoms with E-state index in [1.54, 1.807) is 12.1 Å². The molecule has 1 atom stereocenters. The number of hydrogen-bond acceptors (Lipinski definition) is 4. The van der Waals surface area contributed by atoms with Crippen LogP contribution < -0.4 is 21.1 Å². The fourth-order valence-electron chi connectivity index (χ4n) is 2.70. The normalized spacial score (nSPS) is 14.3. The summed E-state index contributed by atoms with van der Waals surface area (Å²) in [5.41, 5.74) is 8.22. The SMILES string of the molecule is CC(NC(=O)Cc1ccc(N)cc1)c1ccc(OCC(=O)NC2CC2)cc1. The third-order valence-corrected chi connectivity index (χ3v) is 4.41. The number of hydrogen-bond donors (Lipinski definition) is 3. The van der Waals surface area contributed by atoms with Gasteiger partial charge in [-0.05, 0) is 55.2 Å². The maximum Gasteiger partial charge on any atom is 0.258 e. The summed E-state index contributed by atoms with van der Waals surface area (Å²) in [6, 6.07) is 14.9. The van der Waals surface area contributed by atoms with Crippen LogP contribution in [-0.4, -0.2) is 24.5 Å². The van der Waals surface area contributed by atoms with Gasteiger partial charge < -0.3 is 21.1 Å². The number of nitrogens with two attached hydrogens (primary N) is 1. The molecule has 0 heterocycles. The molecule has 6 heteroatoms. The standard InChI is InChI=1S/C21H25N3O3/c1-14(23-20(25)12-15-2-6-17(22)7-3-15)16-4-10-19(11-5-16)27-13-21(26)24-18-8-9-18/h2-7,10-11,14,18H,8-9,12-13,22H2,1H3,(H,23,25)(H,24,26). The summed E-state index contributed by atoms with van der Waals surface area (Å²) in [6.07, 6.45) is 2.42. The van der Waals surface area contributed by atoms with Crippen LogP contribution in [0.5, 0.6) is 5.75 Å². The second kappa shape index (κ2) is 8.58. The topological polar surface area (TPSA) is 93.5 Å². The van der Waals surface area contributed by atoms with E-state index in [-0.39, 0.29) is 24.5 Å². The summed E-state index contributed by atoms with van der Waals surface area (Å²) in [5, 5.41) is 5.86. The van der Waals surface area contributed by atoms with Gasteiger partial charge in [0.1, 0.15) is 5.75 Å². The first-order valence-corrected chi connectivity index (χ1v) is 9.15. The summed E-state index contributed by atoms with van der Waals surface area (Å²) in [7, 11) is 0. The van der Waals surface area contributed by atoms with Crippen molar-refractivity contribution in [3.8, 4) is 5.75 Å². The Bertz CT molecular complexity index is 783. The first-order valence-electron chi connectivity index (χ1n) is 9.15. The Morgan fingerprint density at radius 3 is 2.37 bits per heavy atom. The molecule has 2 aromatic rings. The number of anilines is 1. The predicted molar refractivity (Wildman–Crippen MR) is 104 cm³/mol. The number of carbonyl (C=O) groups is 2. The van der Waals surface area contributed by atoms with Crippen LogP contribution in [0.3, 0.4) is 0 Å². The molecule has 0 bridgehead atoms. The van der Waals surface area contributed by atoms with Gasteiger partial charge in [0, 0.05) is 11.7 Å². The van der Waals surface area contributed by atoms with Crippen molar-refractivity contribution in [3.63, 3.8) is 0 Å². The fourth-order valence-corrected chi connectivity index (χ4v) is 2.70. The predicted octanol–water partition coefficient (Wildman–Crippen LogP) is 2.35. The third-order valence-electron chi connectivity index (χ3n) is 4.41. The molecule has 0 spiro atoms. The van der Waals surface area contributed by atoms with Crippen LogP contribution in [0.2, 0.25) is 0 Å². The van der Waals surface area contributed by atoms with Crippen LogP contribution in [0, 0.1) is 0 Å². The molecule has 3 rings (SSSR count). The molecule has 0 radical (unpaired) electrons. The Kier molecular flexibility index (Phi) is 5.96. The zero-order chi connectivity index (χ0) is 19.2. The lowest BCUT2D eigenvalue weighted by Gasteiger charge is -2.15. The monoisotopic (exact) mass is 367 g/mol. The number of amides is 2. The average Bonchev–Trinajstić information content (AvgIpc) is 3.46. The molecule has 1 unspecified atom stereocenters. The van der Waals surface area contributed by atoms with Gasteiger partial charge in [-0.3, -0.25) is 9.59 Å². The van der Waals surface area contributed by atoms with Crippen LogP contribution in [0.15, 0.2) is 48.5 Å². The minimum absolute atomic E-state index is 0.0176. The average molecular weight is 367 g/mol. The van der Waals surface area contributed by atoms with Gasteiger partial charge in [0.25, 0.3) is 5.91 Å². The van der Waals surface area contributed by atoms with Crippen LogP contribution in [-0.2, 0) is 16.0 Å². The quantitative estimate of drug-likeness (QED) is 0.624. The van der Waals surface area contributed by atoms with Crippen molar-refractivity contribution < 1.29 is 14.3 Å². The summed E-state index contributed by atoms with van der Waals surface area (Å²) >= 11 is 0. The molecule has 4 N–H and O–H groups in total. The van der Waals surface area contributed by atoms with Crippen LogP contribution >= 0.6 is 0 Å². The lowest BCUT2D eigenvalue weighted by molar-refractivity contribution is -0.123. The maximum absolute atomic E-state index is 12.2. The van der Waals surface area contributed by atoms with E-state index in [0.29, 0.717) is 23.9 Å². The Balaban J connectivity index is 1.46. The lowest BCUT2D eigenvalue weighted by atomic mass is 10.1. The molecule has 1 saturated carbocycles. The van der Waals surface area contributed by atoms with E-state index in [0.717, 1.165) is 24.0 Å². The molecule has 2 amide bonds. The highest BCUT2D eigenvalue weighted by molar-refractivity contribution is 5.79. The molecule has 27 heavy (non-hydrogen) atoms. The zero-order valence-electron chi connectivity index (χ0n) is 15.4. The first kappa shape index (κ1) is 18.8. The number of ether oxygens (including phenoxy) is 1. The van der Waals surface area contributed by atoms with Gasteiger partial charge in [0.05, 0.1) is 12.5 Å². The van der Waals surface area contributed by atoms with Crippen molar-refractivity contribution in [2.75, 3.05) is 12.3 Å². The van der Waals surface area contributed by atoms with Gasteiger partial charge in [0.15, 0.2) is 6.61 Å². The summed E-state index contributed by atoms with van der Waals surface area (Å²) in [5.74, 6) is 0.485. The fraction of sp³-hybridized carbons (Fsp3) is 0.333. The first-order chi connectivity index (χ1) is 13.0. The molecule has 1 aliphatic rings. The van der Waals surface area contributed by atoms with E-state index in [4.69, 9.17) is 10.5 Å². The maximum atomic E-state index is 12.2. The van der Waals surface area contributed by atoms with Crippen LogP contribution in [0.25, 0.3) is 0 Å².